The molecule has 0 aliphatic heterocycles. The van der Waals surface area contributed by atoms with Crippen LogP contribution in [0.15, 0.2) is 5.11 Å². The summed E-state index contributed by atoms with van der Waals surface area (Å²) in [6, 6.07) is -3.23. The molecule has 0 heterocycles. The number of azide groups is 1. The molecule has 0 spiro atoms. The molecular weight excluding hydrogens is 140 g/mol. The number of halogens is 2. The van der Waals surface area contributed by atoms with Crippen molar-refractivity contribution >= 4 is 0 Å². The highest BCUT2D eigenvalue weighted by Gasteiger charge is 2.33. The van der Waals surface area contributed by atoms with E-state index < -0.39 is 12.0 Å². The van der Waals surface area contributed by atoms with Crippen LogP contribution >= 0.6 is 0 Å². The van der Waals surface area contributed by atoms with E-state index in [2.05, 4.69) is 10.0 Å². The number of rotatable bonds is 3. The maximum Gasteiger partial charge on any atom is 0.328 e. The van der Waals surface area contributed by atoms with E-state index in [0.29, 0.717) is 6.42 Å². The summed E-state index contributed by atoms with van der Waals surface area (Å²) in [5.41, 5.74) is 7.72. The van der Waals surface area contributed by atoms with Crippen LogP contribution in [0.2, 0.25) is 0 Å². The van der Waals surface area contributed by atoms with Gasteiger partial charge in [-0.2, -0.15) is 8.78 Å². The molecule has 3 nitrogen and oxygen atoms in total. The fraction of sp³-hybridized carbons (Fsp3) is 1.00. The molecule has 1 unspecified atom stereocenters. The molecule has 0 rings (SSSR count). The molecule has 0 aromatic carbocycles. The van der Waals surface area contributed by atoms with Crippen LogP contribution in [0.1, 0.15) is 20.3 Å². The predicted molar refractivity (Wildman–Crippen MR) is 33.5 cm³/mol. The second-order valence-electron chi connectivity index (χ2n) is 2.09. The summed E-state index contributed by atoms with van der Waals surface area (Å²) in [4.78, 5) is 2.05. The lowest BCUT2D eigenvalue weighted by atomic mass is 10.1. The average Bonchev–Trinajstić information content (AvgIpc) is 1.86. The van der Waals surface area contributed by atoms with Gasteiger partial charge in [-0.15, -0.1) is 0 Å². The van der Waals surface area contributed by atoms with Gasteiger partial charge in [-0.05, 0) is 17.1 Å². The van der Waals surface area contributed by atoms with Crippen molar-refractivity contribution in [1.82, 2.24) is 0 Å². The molecule has 0 saturated heterocycles. The molecule has 1 atom stereocenters. The Kier molecular flexibility index (Phi) is 3.09. The van der Waals surface area contributed by atoms with Crippen LogP contribution in [0.5, 0.6) is 0 Å². The molecule has 0 aliphatic carbocycles. The van der Waals surface area contributed by atoms with Crippen LogP contribution < -0.4 is 0 Å². The summed E-state index contributed by atoms with van der Waals surface area (Å²) in [6.07, 6.45) is 0.298. The van der Waals surface area contributed by atoms with Gasteiger partial charge in [0.05, 0.1) is 0 Å². The monoisotopic (exact) mass is 149 g/mol. The minimum absolute atomic E-state index is 0.298. The Morgan fingerprint density at radius 2 is 2.20 bits per heavy atom. The Morgan fingerprint density at radius 3 is 2.50 bits per heavy atom. The van der Waals surface area contributed by atoms with Crippen molar-refractivity contribution in [2.24, 2.45) is 11.0 Å². The number of alkyl halides is 2. The average molecular weight is 149 g/mol. The van der Waals surface area contributed by atoms with Crippen molar-refractivity contribution in [3.63, 3.8) is 0 Å². The highest BCUT2D eigenvalue weighted by Crippen LogP contribution is 2.27. The fourth-order valence-electron chi connectivity index (χ4n) is 0.404. The molecule has 10 heavy (non-hydrogen) atoms. The van der Waals surface area contributed by atoms with Crippen molar-refractivity contribution in [1.29, 1.82) is 0 Å². The Hall–Kier alpha value is -0.830. The van der Waals surface area contributed by atoms with E-state index in [4.69, 9.17) is 5.53 Å². The summed E-state index contributed by atoms with van der Waals surface area (Å²) in [7, 11) is 0. The largest absolute Gasteiger partial charge is 0.328 e. The van der Waals surface area contributed by atoms with Crippen LogP contribution in [0.25, 0.3) is 10.4 Å². The number of nitrogens with zero attached hydrogens (tertiary/aromatic N) is 3. The highest BCUT2D eigenvalue weighted by molar-refractivity contribution is 4.69. The highest BCUT2D eigenvalue weighted by atomic mass is 19.3. The zero-order valence-electron chi connectivity index (χ0n) is 5.88. The minimum Gasteiger partial charge on any atom is -0.200 e. The molecule has 0 saturated carbocycles. The van der Waals surface area contributed by atoms with Gasteiger partial charge in [0.2, 0.25) is 0 Å². The van der Waals surface area contributed by atoms with Gasteiger partial charge >= 0.3 is 6.05 Å². The third kappa shape index (κ3) is 2.19. The van der Waals surface area contributed by atoms with Gasteiger partial charge in [-0.1, -0.05) is 13.8 Å². The molecule has 0 fully saturated rings. The van der Waals surface area contributed by atoms with Gasteiger partial charge in [0, 0.05) is 10.8 Å². The summed E-state index contributed by atoms with van der Waals surface area (Å²) in [6.45, 7) is 2.96. The minimum atomic E-state index is -3.23. The van der Waals surface area contributed by atoms with E-state index in [0.717, 1.165) is 0 Å². The Labute approximate surface area is 57.7 Å². The lowest BCUT2D eigenvalue weighted by molar-refractivity contribution is -0.0455. The van der Waals surface area contributed by atoms with Crippen molar-refractivity contribution in [2.75, 3.05) is 0 Å². The maximum absolute atomic E-state index is 12.4. The second kappa shape index (κ2) is 3.37. The first kappa shape index (κ1) is 9.17. The Bertz CT molecular complexity index is 151. The van der Waals surface area contributed by atoms with Crippen molar-refractivity contribution in [3.8, 4) is 0 Å². The van der Waals surface area contributed by atoms with Gasteiger partial charge < -0.3 is 0 Å². The molecular formula is C5H9F2N3. The van der Waals surface area contributed by atoms with Crippen molar-refractivity contribution in [3.05, 3.63) is 10.4 Å². The van der Waals surface area contributed by atoms with Crippen LogP contribution in [-0.2, 0) is 0 Å². The van der Waals surface area contributed by atoms with E-state index in [1.165, 1.54) is 6.92 Å². The molecule has 0 radical (unpaired) electrons. The van der Waals surface area contributed by atoms with Gasteiger partial charge in [0.15, 0.2) is 0 Å². The molecule has 0 aliphatic rings. The Balaban J connectivity index is 4.22. The van der Waals surface area contributed by atoms with E-state index in [1.54, 1.807) is 6.92 Å². The first-order valence-electron chi connectivity index (χ1n) is 2.98. The normalized spacial score (nSPS) is 14.0. The lowest BCUT2D eigenvalue weighted by Gasteiger charge is -2.15. The lowest BCUT2D eigenvalue weighted by Crippen LogP contribution is -2.21. The first-order chi connectivity index (χ1) is 4.54. The topological polar surface area (TPSA) is 48.8 Å². The summed E-state index contributed by atoms with van der Waals surface area (Å²) in [5, 5.41) is 2.37. The third-order valence-electron chi connectivity index (χ3n) is 1.38. The second-order valence-corrected chi connectivity index (χ2v) is 2.09. The maximum atomic E-state index is 12.4. The SMILES string of the molecule is CCC(C)C(F)(F)N=[N+]=[N-]. The standard InChI is InChI=1S/C5H9F2N3/c1-3-4(2)5(6,7)9-10-8/h4H,3H2,1-2H3. The molecule has 0 N–H and O–H groups in total. The van der Waals surface area contributed by atoms with E-state index in [9.17, 15) is 8.78 Å². The molecule has 58 valence electrons. The van der Waals surface area contributed by atoms with Gasteiger partial charge in [-0.3, -0.25) is 0 Å². The summed E-state index contributed by atoms with van der Waals surface area (Å²) in [5.74, 6) is -0.886. The van der Waals surface area contributed by atoms with Crippen LogP contribution in [0.4, 0.5) is 8.78 Å². The van der Waals surface area contributed by atoms with Crippen molar-refractivity contribution in [2.45, 2.75) is 26.3 Å². The summed E-state index contributed by atoms with van der Waals surface area (Å²) < 4.78 is 24.8. The molecule has 5 heteroatoms. The smallest absolute Gasteiger partial charge is 0.200 e. The zero-order valence-corrected chi connectivity index (χ0v) is 5.88. The van der Waals surface area contributed by atoms with Crippen LogP contribution in [0.3, 0.4) is 0 Å². The number of hydrogen-bond acceptors (Lipinski definition) is 1. The molecule has 0 aromatic heterocycles. The van der Waals surface area contributed by atoms with E-state index in [1.807, 2.05) is 0 Å². The first-order valence-corrected chi connectivity index (χ1v) is 2.98. The van der Waals surface area contributed by atoms with Crippen molar-refractivity contribution < 1.29 is 8.78 Å². The Morgan fingerprint density at radius 1 is 1.70 bits per heavy atom. The fourth-order valence-corrected chi connectivity index (χ4v) is 0.404. The molecule has 0 bridgehead atoms. The molecule has 0 amide bonds. The van der Waals surface area contributed by atoms with Gasteiger partial charge in [-0.25, -0.2) is 0 Å². The van der Waals surface area contributed by atoms with E-state index >= 15 is 0 Å². The van der Waals surface area contributed by atoms with E-state index in [-0.39, 0.29) is 0 Å². The number of hydrogen-bond donors (Lipinski definition) is 0. The quantitative estimate of drug-likeness (QED) is 0.256. The predicted octanol–water partition coefficient (Wildman–Crippen LogP) is 2.94. The third-order valence-corrected chi connectivity index (χ3v) is 1.38. The molecule has 0 aromatic rings. The van der Waals surface area contributed by atoms with Crippen LogP contribution in [0, 0.1) is 5.92 Å². The van der Waals surface area contributed by atoms with Gasteiger partial charge in [0.25, 0.3) is 0 Å². The van der Waals surface area contributed by atoms with Gasteiger partial charge in [0.1, 0.15) is 0 Å². The van der Waals surface area contributed by atoms with Crippen LogP contribution in [-0.4, -0.2) is 6.05 Å². The zero-order chi connectivity index (χ0) is 8.20. The summed E-state index contributed by atoms with van der Waals surface area (Å²) >= 11 is 0.